The largest absolute Gasteiger partial charge is 0.296 e. The summed E-state index contributed by atoms with van der Waals surface area (Å²) < 4.78 is 0. The number of Topliss-reactive ketones (excluding diaryl/α,β-unsaturated/α-hetero) is 1. The second-order valence-corrected chi connectivity index (χ2v) is 4.52. The molecule has 0 saturated heterocycles. The molecule has 0 aromatic heterocycles. The number of likely N-dealkylation sites (N-methyl/N-ethyl adjacent to an activating group) is 1. The van der Waals surface area contributed by atoms with Crippen LogP contribution in [0.5, 0.6) is 0 Å². The molecule has 0 radical (unpaired) electrons. The van der Waals surface area contributed by atoms with Crippen molar-refractivity contribution in [2.75, 3.05) is 13.6 Å². The monoisotopic (exact) mass is 223 g/mol. The molecule has 0 bridgehead atoms. The van der Waals surface area contributed by atoms with E-state index in [-0.39, 0.29) is 5.78 Å². The predicted octanol–water partition coefficient (Wildman–Crippen LogP) is 2.62. The summed E-state index contributed by atoms with van der Waals surface area (Å²) >= 11 is 5.83. The molecule has 80 valence electrons. The summed E-state index contributed by atoms with van der Waals surface area (Å²) in [4.78, 5) is 14.0. The highest BCUT2D eigenvalue weighted by molar-refractivity contribution is 6.31. The molecule has 0 unspecified atom stereocenters. The first-order chi connectivity index (χ1) is 7.16. The highest BCUT2D eigenvalue weighted by atomic mass is 35.5. The number of hydrogen-bond acceptors (Lipinski definition) is 2. The van der Waals surface area contributed by atoms with Crippen LogP contribution in [-0.4, -0.2) is 30.3 Å². The van der Waals surface area contributed by atoms with Crippen LogP contribution in [-0.2, 0) is 0 Å². The summed E-state index contributed by atoms with van der Waals surface area (Å²) in [5.74, 6) is 0.145. The maximum absolute atomic E-state index is 11.8. The minimum atomic E-state index is 0.145. The highest BCUT2D eigenvalue weighted by Crippen LogP contribution is 2.25. The third-order valence-corrected chi connectivity index (χ3v) is 2.94. The molecule has 0 N–H and O–H groups in total. The fourth-order valence-corrected chi connectivity index (χ4v) is 1.81. The van der Waals surface area contributed by atoms with E-state index in [0.717, 1.165) is 0 Å². The van der Waals surface area contributed by atoms with Gasteiger partial charge in [-0.1, -0.05) is 23.7 Å². The second-order valence-electron chi connectivity index (χ2n) is 4.08. The van der Waals surface area contributed by atoms with E-state index in [0.29, 0.717) is 23.2 Å². The average Bonchev–Trinajstić information content (AvgIpc) is 3.00. The van der Waals surface area contributed by atoms with Crippen LogP contribution < -0.4 is 0 Å². The Bertz CT molecular complexity index is 374. The maximum atomic E-state index is 11.8. The van der Waals surface area contributed by atoms with Crippen LogP contribution in [0.4, 0.5) is 0 Å². The van der Waals surface area contributed by atoms with Crippen LogP contribution >= 0.6 is 11.6 Å². The Morgan fingerprint density at radius 2 is 2.27 bits per heavy atom. The van der Waals surface area contributed by atoms with Crippen molar-refractivity contribution in [1.29, 1.82) is 0 Å². The van der Waals surface area contributed by atoms with Gasteiger partial charge in [0.25, 0.3) is 0 Å². The molecule has 0 aliphatic heterocycles. The van der Waals surface area contributed by atoms with Crippen molar-refractivity contribution >= 4 is 17.4 Å². The van der Waals surface area contributed by atoms with Crippen molar-refractivity contribution in [3.63, 3.8) is 0 Å². The average molecular weight is 224 g/mol. The van der Waals surface area contributed by atoms with Gasteiger partial charge in [-0.25, -0.2) is 0 Å². The number of nitrogens with zero attached hydrogens (tertiary/aromatic N) is 1. The second kappa shape index (κ2) is 4.33. The van der Waals surface area contributed by atoms with Crippen molar-refractivity contribution in [3.05, 3.63) is 34.9 Å². The van der Waals surface area contributed by atoms with Crippen molar-refractivity contribution in [2.24, 2.45) is 0 Å². The predicted molar refractivity (Wildman–Crippen MR) is 61.4 cm³/mol. The lowest BCUT2D eigenvalue weighted by atomic mass is 10.1. The van der Waals surface area contributed by atoms with E-state index in [2.05, 4.69) is 4.90 Å². The molecule has 1 aliphatic rings. The summed E-state index contributed by atoms with van der Waals surface area (Å²) in [5, 5.41) is 0.620. The van der Waals surface area contributed by atoms with Crippen LogP contribution in [0.25, 0.3) is 0 Å². The number of rotatable bonds is 4. The number of carbonyl (C=O) groups is 1. The molecule has 1 aromatic rings. The zero-order valence-electron chi connectivity index (χ0n) is 8.74. The molecular weight excluding hydrogens is 210 g/mol. The number of carbonyl (C=O) groups excluding carboxylic acids is 1. The number of halogens is 1. The third kappa shape index (κ3) is 2.80. The van der Waals surface area contributed by atoms with Crippen LogP contribution in [0, 0.1) is 0 Å². The van der Waals surface area contributed by atoms with Gasteiger partial charge in [-0.2, -0.15) is 0 Å². The zero-order chi connectivity index (χ0) is 10.8. The Hall–Kier alpha value is -0.860. The fraction of sp³-hybridized carbons (Fsp3) is 0.417. The number of hydrogen-bond donors (Lipinski definition) is 0. The van der Waals surface area contributed by atoms with Crippen LogP contribution in [0.3, 0.4) is 0 Å². The molecule has 2 rings (SSSR count). The minimum absolute atomic E-state index is 0.145. The Morgan fingerprint density at radius 1 is 1.53 bits per heavy atom. The van der Waals surface area contributed by atoms with E-state index in [1.807, 2.05) is 19.2 Å². The van der Waals surface area contributed by atoms with Gasteiger partial charge in [0, 0.05) is 16.6 Å². The molecule has 15 heavy (non-hydrogen) atoms. The van der Waals surface area contributed by atoms with Gasteiger partial charge in [-0.15, -0.1) is 0 Å². The van der Waals surface area contributed by atoms with Gasteiger partial charge in [0.05, 0.1) is 6.54 Å². The highest BCUT2D eigenvalue weighted by Gasteiger charge is 2.27. The van der Waals surface area contributed by atoms with Crippen LogP contribution in [0.1, 0.15) is 23.2 Å². The smallest absolute Gasteiger partial charge is 0.176 e. The number of ketones is 1. The van der Waals surface area contributed by atoms with Gasteiger partial charge in [0.2, 0.25) is 0 Å². The van der Waals surface area contributed by atoms with E-state index in [1.165, 1.54) is 12.8 Å². The molecule has 0 heterocycles. The fourth-order valence-electron chi connectivity index (χ4n) is 1.62. The minimum Gasteiger partial charge on any atom is -0.296 e. The van der Waals surface area contributed by atoms with E-state index in [1.54, 1.807) is 12.1 Å². The standard InChI is InChI=1S/C12H14ClNO/c1-14(11-5-6-11)8-12(15)9-3-2-4-10(13)7-9/h2-4,7,11H,5-6,8H2,1H3. The summed E-state index contributed by atoms with van der Waals surface area (Å²) in [7, 11) is 2.00. The Balaban J connectivity index is 2.00. The van der Waals surface area contributed by atoms with Gasteiger partial charge in [-0.3, -0.25) is 9.69 Å². The van der Waals surface area contributed by atoms with E-state index >= 15 is 0 Å². The van der Waals surface area contributed by atoms with Crippen LogP contribution in [0.2, 0.25) is 5.02 Å². The third-order valence-electron chi connectivity index (χ3n) is 2.71. The first-order valence-electron chi connectivity index (χ1n) is 5.16. The molecule has 1 aliphatic carbocycles. The van der Waals surface area contributed by atoms with Gasteiger partial charge in [0.1, 0.15) is 0 Å². The Morgan fingerprint density at radius 3 is 2.87 bits per heavy atom. The lowest BCUT2D eigenvalue weighted by Gasteiger charge is -2.14. The Labute approximate surface area is 94.8 Å². The molecule has 1 saturated carbocycles. The van der Waals surface area contributed by atoms with Crippen LogP contribution in [0.15, 0.2) is 24.3 Å². The first kappa shape index (κ1) is 10.7. The van der Waals surface area contributed by atoms with Gasteiger partial charge >= 0.3 is 0 Å². The lowest BCUT2D eigenvalue weighted by molar-refractivity contribution is 0.0942. The molecular formula is C12H14ClNO. The maximum Gasteiger partial charge on any atom is 0.176 e. The zero-order valence-corrected chi connectivity index (χ0v) is 9.50. The molecule has 1 fully saturated rings. The summed E-state index contributed by atoms with van der Waals surface area (Å²) in [6.07, 6.45) is 2.44. The van der Waals surface area contributed by atoms with Crippen molar-refractivity contribution in [1.82, 2.24) is 4.90 Å². The van der Waals surface area contributed by atoms with E-state index in [9.17, 15) is 4.79 Å². The van der Waals surface area contributed by atoms with Gasteiger partial charge in [0.15, 0.2) is 5.78 Å². The van der Waals surface area contributed by atoms with Gasteiger partial charge < -0.3 is 0 Å². The first-order valence-corrected chi connectivity index (χ1v) is 5.53. The normalized spacial score (nSPS) is 15.7. The summed E-state index contributed by atoms with van der Waals surface area (Å²) in [5.41, 5.74) is 0.704. The van der Waals surface area contributed by atoms with Gasteiger partial charge in [-0.05, 0) is 32.0 Å². The van der Waals surface area contributed by atoms with E-state index in [4.69, 9.17) is 11.6 Å². The van der Waals surface area contributed by atoms with Crippen molar-refractivity contribution < 1.29 is 4.79 Å². The van der Waals surface area contributed by atoms with Crippen molar-refractivity contribution in [3.8, 4) is 0 Å². The van der Waals surface area contributed by atoms with E-state index < -0.39 is 0 Å². The molecule has 1 aromatic carbocycles. The Kier molecular flexibility index (Phi) is 3.08. The molecule has 3 heteroatoms. The molecule has 0 atom stereocenters. The van der Waals surface area contributed by atoms with Crippen molar-refractivity contribution in [2.45, 2.75) is 18.9 Å². The molecule has 2 nitrogen and oxygen atoms in total. The summed E-state index contributed by atoms with van der Waals surface area (Å²) in [6.45, 7) is 0.491. The number of benzene rings is 1. The summed E-state index contributed by atoms with van der Waals surface area (Å²) in [6, 6.07) is 7.75. The lowest BCUT2D eigenvalue weighted by Crippen LogP contribution is -2.27. The molecule has 0 amide bonds. The SMILES string of the molecule is CN(CC(=O)c1cccc(Cl)c1)C1CC1. The quantitative estimate of drug-likeness (QED) is 0.732. The molecule has 0 spiro atoms. The topological polar surface area (TPSA) is 20.3 Å².